The molecule has 2 aromatic carbocycles. The number of anilines is 1. The second-order valence-electron chi connectivity index (χ2n) is 7.24. The van der Waals surface area contributed by atoms with Gasteiger partial charge in [0.1, 0.15) is 5.75 Å². The van der Waals surface area contributed by atoms with Crippen molar-refractivity contribution in [3.8, 4) is 11.6 Å². The number of hydrogen-bond donors (Lipinski definition) is 2. The van der Waals surface area contributed by atoms with Crippen molar-refractivity contribution in [3.63, 3.8) is 0 Å². The molecule has 31 heavy (non-hydrogen) atoms. The summed E-state index contributed by atoms with van der Waals surface area (Å²) in [4.78, 5) is 19.0. The molecule has 0 saturated carbocycles. The molecule has 2 N–H and O–H groups in total. The minimum absolute atomic E-state index is 0.297. The lowest BCUT2D eigenvalue weighted by molar-refractivity contribution is 0.102. The number of rotatable bonds is 6. The van der Waals surface area contributed by atoms with Crippen LogP contribution in [0.3, 0.4) is 0 Å². The van der Waals surface area contributed by atoms with Crippen molar-refractivity contribution in [3.05, 3.63) is 82.0 Å². The molecule has 4 rings (SSSR count). The minimum atomic E-state index is -0.297. The molecular weight excluding hydrogens is 435 g/mol. The van der Waals surface area contributed by atoms with Gasteiger partial charge < -0.3 is 15.4 Å². The van der Waals surface area contributed by atoms with Crippen molar-refractivity contribution in [1.82, 2.24) is 15.2 Å². The van der Waals surface area contributed by atoms with Gasteiger partial charge >= 0.3 is 0 Å². The molecule has 1 amide bonds. The summed E-state index contributed by atoms with van der Waals surface area (Å²) in [5.74, 6) is 0.862. The highest BCUT2D eigenvalue weighted by Crippen LogP contribution is 2.24. The van der Waals surface area contributed by atoms with E-state index < -0.39 is 0 Å². The van der Waals surface area contributed by atoms with E-state index in [0.29, 0.717) is 32.9 Å². The Hall–Kier alpha value is -2.64. The van der Waals surface area contributed by atoms with Crippen LogP contribution in [0.1, 0.15) is 15.9 Å². The summed E-state index contributed by atoms with van der Waals surface area (Å²) in [6.07, 6.45) is 1.55. The smallest absolute Gasteiger partial charge is 0.255 e. The predicted molar refractivity (Wildman–Crippen MR) is 123 cm³/mol. The zero-order valence-electron chi connectivity index (χ0n) is 16.8. The lowest BCUT2D eigenvalue weighted by Gasteiger charge is -2.27. The van der Waals surface area contributed by atoms with Crippen molar-refractivity contribution in [2.45, 2.75) is 6.54 Å². The van der Waals surface area contributed by atoms with Crippen LogP contribution in [-0.2, 0) is 6.54 Å². The van der Waals surface area contributed by atoms with Crippen LogP contribution in [0.15, 0.2) is 60.8 Å². The van der Waals surface area contributed by atoms with Gasteiger partial charge in [0.05, 0.1) is 21.9 Å². The number of ether oxygens (including phenoxy) is 1. The van der Waals surface area contributed by atoms with Gasteiger partial charge in [-0.25, -0.2) is 4.98 Å². The zero-order chi connectivity index (χ0) is 21.6. The summed E-state index contributed by atoms with van der Waals surface area (Å²) in [6.45, 7) is 5.15. The summed E-state index contributed by atoms with van der Waals surface area (Å²) in [5, 5.41) is 6.87. The Labute approximate surface area is 191 Å². The summed E-state index contributed by atoms with van der Waals surface area (Å²) in [5.41, 5.74) is 2.22. The van der Waals surface area contributed by atoms with Gasteiger partial charge in [0.2, 0.25) is 5.88 Å². The summed E-state index contributed by atoms with van der Waals surface area (Å²) in [6, 6.07) is 16.2. The van der Waals surface area contributed by atoms with Crippen molar-refractivity contribution < 1.29 is 9.53 Å². The molecule has 0 radical (unpaired) electrons. The first-order valence-corrected chi connectivity index (χ1v) is 10.7. The number of nitrogens with one attached hydrogen (secondary N) is 2. The third-order valence-electron chi connectivity index (χ3n) is 4.94. The fourth-order valence-electron chi connectivity index (χ4n) is 3.27. The second-order valence-corrected chi connectivity index (χ2v) is 8.05. The van der Waals surface area contributed by atoms with E-state index in [2.05, 4.69) is 32.7 Å². The van der Waals surface area contributed by atoms with Gasteiger partial charge in [0.25, 0.3) is 5.91 Å². The van der Waals surface area contributed by atoms with Crippen molar-refractivity contribution in [2.75, 3.05) is 31.5 Å². The Morgan fingerprint density at radius 3 is 2.48 bits per heavy atom. The Morgan fingerprint density at radius 2 is 1.81 bits per heavy atom. The Kier molecular flexibility index (Phi) is 7.04. The van der Waals surface area contributed by atoms with Gasteiger partial charge in [-0.1, -0.05) is 35.3 Å². The molecule has 1 saturated heterocycles. The zero-order valence-corrected chi connectivity index (χ0v) is 18.3. The molecule has 1 fully saturated rings. The third kappa shape index (κ3) is 5.95. The molecule has 2 heterocycles. The largest absolute Gasteiger partial charge is 0.439 e. The third-order valence-corrected chi connectivity index (χ3v) is 5.68. The number of carbonyl (C=O) groups is 1. The van der Waals surface area contributed by atoms with Crippen LogP contribution >= 0.6 is 23.2 Å². The average Bonchev–Trinajstić information content (AvgIpc) is 2.79. The maximum absolute atomic E-state index is 12.3. The van der Waals surface area contributed by atoms with E-state index in [9.17, 15) is 4.79 Å². The molecule has 0 spiro atoms. The SMILES string of the molecule is O=C(Nc1ccc(Oc2ccc(CN3CCNCC3)cc2)nc1)c1ccc(Cl)c(Cl)c1. The van der Waals surface area contributed by atoms with E-state index in [-0.39, 0.29) is 5.91 Å². The van der Waals surface area contributed by atoms with Gasteiger partial charge in [0, 0.05) is 44.4 Å². The molecule has 0 aliphatic carbocycles. The quantitative estimate of drug-likeness (QED) is 0.555. The van der Waals surface area contributed by atoms with E-state index in [1.807, 2.05) is 12.1 Å². The van der Waals surface area contributed by atoms with E-state index in [1.165, 1.54) is 11.6 Å². The number of aromatic nitrogens is 1. The van der Waals surface area contributed by atoms with Crippen LogP contribution in [0.4, 0.5) is 5.69 Å². The Morgan fingerprint density at radius 1 is 1.03 bits per heavy atom. The molecule has 160 valence electrons. The standard InChI is InChI=1S/C23H22Cl2N4O2/c24-20-7-3-17(13-21(20)25)23(30)28-18-4-8-22(27-14-18)31-19-5-1-16(2-6-19)15-29-11-9-26-10-12-29/h1-8,13-14,26H,9-12,15H2,(H,28,30). The second kappa shape index (κ2) is 10.1. The van der Waals surface area contributed by atoms with Gasteiger partial charge in [-0.3, -0.25) is 9.69 Å². The molecule has 8 heteroatoms. The van der Waals surface area contributed by atoms with Gasteiger partial charge in [0.15, 0.2) is 0 Å². The Bertz CT molecular complexity index is 1040. The minimum Gasteiger partial charge on any atom is -0.439 e. The maximum atomic E-state index is 12.3. The van der Waals surface area contributed by atoms with Crippen LogP contribution in [-0.4, -0.2) is 42.0 Å². The van der Waals surface area contributed by atoms with E-state index >= 15 is 0 Å². The van der Waals surface area contributed by atoms with E-state index in [0.717, 1.165) is 32.7 Å². The topological polar surface area (TPSA) is 66.5 Å². The molecule has 3 aromatic rings. The highest BCUT2D eigenvalue weighted by atomic mass is 35.5. The number of halogens is 2. The summed E-state index contributed by atoms with van der Waals surface area (Å²) < 4.78 is 5.82. The first-order chi connectivity index (χ1) is 15.1. The van der Waals surface area contributed by atoms with Crippen molar-refractivity contribution >= 4 is 34.8 Å². The lowest BCUT2D eigenvalue weighted by atomic mass is 10.2. The number of pyridine rings is 1. The monoisotopic (exact) mass is 456 g/mol. The Balaban J connectivity index is 1.32. The fraction of sp³-hybridized carbons (Fsp3) is 0.217. The maximum Gasteiger partial charge on any atom is 0.255 e. The van der Waals surface area contributed by atoms with Gasteiger partial charge in [-0.05, 0) is 42.0 Å². The van der Waals surface area contributed by atoms with Crippen LogP contribution in [0, 0.1) is 0 Å². The summed E-state index contributed by atoms with van der Waals surface area (Å²) in [7, 11) is 0. The number of benzene rings is 2. The predicted octanol–water partition coefficient (Wildman–Crippen LogP) is 4.84. The average molecular weight is 457 g/mol. The number of nitrogens with zero attached hydrogens (tertiary/aromatic N) is 2. The number of carbonyl (C=O) groups excluding carboxylic acids is 1. The molecule has 0 bridgehead atoms. The molecule has 0 atom stereocenters. The van der Waals surface area contributed by atoms with E-state index in [1.54, 1.807) is 30.5 Å². The van der Waals surface area contributed by atoms with Crippen molar-refractivity contribution in [1.29, 1.82) is 0 Å². The first-order valence-electron chi connectivity index (χ1n) is 9.99. The summed E-state index contributed by atoms with van der Waals surface area (Å²) >= 11 is 11.9. The molecular formula is C23H22Cl2N4O2. The van der Waals surface area contributed by atoms with Crippen LogP contribution in [0.2, 0.25) is 10.0 Å². The highest BCUT2D eigenvalue weighted by Gasteiger charge is 2.11. The highest BCUT2D eigenvalue weighted by molar-refractivity contribution is 6.42. The number of amides is 1. The molecule has 1 aromatic heterocycles. The van der Waals surface area contributed by atoms with Crippen molar-refractivity contribution in [2.24, 2.45) is 0 Å². The van der Waals surface area contributed by atoms with E-state index in [4.69, 9.17) is 27.9 Å². The van der Waals surface area contributed by atoms with Gasteiger partial charge in [-0.2, -0.15) is 0 Å². The van der Waals surface area contributed by atoms with Crippen LogP contribution in [0.25, 0.3) is 0 Å². The fourth-order valence-corrected chi connectivity index (χ4v) is 3.56. The lowest BCUT2D eigenvalue weighted by Crippen LogP contribution is -2.42. The van der Waals surface area contributed by atoms with Crippen LogP contribution < -0.4 is 15.4 Å². The van der Waals surface area contributed by atoms with Crippen LogP contribution in [0.5, 0.6) is 11.6 Å². The normalized spacial score (nSPS) is 14.3. The molecule has 1 aliphatic heterocycles. The van der Waals surface area contributed by atoms with Gasteiger partial charge in [-0.15, -0.1) is 0 Å². The number of piperazine rings is 1. The first kappa shape index (κ1) is 21.6. The molecule has 1 aliphatic rings. The molecule has 6 nitrogen and oxygen atoms in total. The number of hydrogen-bond acceptors (Lipinski definition) is 5. The molecule has 0 unspecified atom stereocenters.